The van der Waals surface area contributed by atoms with Crippen molar-refractivity contribution in [3.05, 3.63) is 13.2 Å². The van der Waals surface area contributed by atoms with Crippen LogP contribution >= 0.6 is 0 Å². The van der Waals surface area contributed by atoms with Crippen LogP contribution in [0.25, 0.3) is 0 Å². The highest BCUT2D eigenvalue weighted by atomic mass is 16.5. The summed E-state index contributed by atoms with van der Waals surface area (Å²) in [6.45, 7) is 20.4. The Balaban J connectivity index is 0.00000191. The molecule has 1 aliphatic heterocycles. The van der Waals surface area contributed by atoms with Crippen molar-refractivity contribution in [2.45, 2.75) is 66.6 Å². The summed E-state index contributed by atoms with van der Waals surface area (Å²) in [5.74, 6) is 1.35. The van der Waals surface area contributed by atoms with Crippen LogP contribution in [-0.4, -0.2) is 36.1 Å². The Labute approximate surface area is 131 Å². The van der Waals surface area contributed by atoms with Crippen molar-refractivity contribution >= 4 is 5.91 Å². The lowest BCUT2D eigenvalue weighted by Crippen LogP contribution is -2.44. The van der Waals surface area contributed by atoms with Crippen LogP contribution in [0.15, 0.2) is 13.2 Å². The van der Waals surface area contributed by atoms with Gasteiger partial charge in [0.25, 0.3) is 0 Å². The molecule has 1 saturated heterocycles. The van der Waals surface area contributed by atoms with Gasteiger partial charge in [-0.3, -0.25) is 4.79 Å². The first-order valence-electron chi connectivity index (χ1n) is 8.34. The molecule has 1 aliphatic rings. The molecule has 21 heavy (non-hydrogen) atoms. The zero-order valence-electron chi connectivity index (χ0n) is 14.9. The molecule has 1 fully saturated rings. The largest absolute Gasteiger partial charge is 0.376 e. The summed E-state index contributed by atoms with van der Waals surface area (Å²) in [4.78, 5) is 14.7. The second-order valence-corrected chi connectivity index (χ2v) is 6.27. The van der Waals surface area contributed by atoms with Gasteiger partial charge >= 0.3 is 0 Å². The predicted octanol–water partition coefficient (Wildman–Crippen LogP) is 4.13. The second kappa shape index (κ2) is 9.99. The van der Waals surface area contributed by atoms with Gasteiger partial charge in [0.2, 0.25) is 5.91 Å². The molecule has 0 aromatic rings. The SMILES string of the molecule is C=C.CCN(CC)C(=O)C(C(C)C)C1CC(C)OC(C)C1. The quantitative estimate of drug-likeness (QED) is 0.714. The van der Waals surface area contributed by atoms with Gasteiger partial charge in [0, 0.05) is 19.0 Å². The Bertz CT molecular complexity index is 290. The first kappa shape index (κ1) is 20.2. The average Bonchev–Trinajstić information content (AvgIpc) is 2.41. The van der Waals surface area contributed by atoms with E-state index in [2.05, 4.69) is 54.7 Å². The summed E-state index contributed by atoms with van der Waals surface area (Å²) < 4.78 is 5.81. The van der Waals surface area contributed by atoms with E-state index >= 15 is 0 Å². The van der Waals surface area contributed by atoms with Crippen molar-refractivity contribution < 1.29 is 9.53 Å². The standard InChI is InChI=1S/C16H31NO2.C2H4/c1-7-17(8-2)16(18)15(11(3)4)14-9-12(5)19-13(6)10-14;1-2/h11-15H,7-10H2,1-6H3;1-2H2. The highest BCUT2D eigenvalue weighted by molar-refractivity contribution is 5.79. The summed E-state index contributed by atoms with van der Waals surface area (Å²) in [5, 5.41) is 0. The zero-order chi connectivity index (χ0) is 16.6. The van der Waals surface area contributed by atoms with Gasteiger partial charge in [-0.15, -0.1) is 13.2 Å². The van der Waals surface area contributed by atoms with E-state index in [0.29, 0.717) is 17.7 Å². The second-order valence-electron chi connectivity index (χ2n) is 6.27. The molecule has 3 unspecified atom stereocenters. The van der Waals surface area contributed by atoms with Crippen LogP contribution in [0.2, 0.25) is 0 Å². The van der Waals surface area contributed by atoms with Crippen LogP contribution in [0.1, 0.15) is 54.4 Å². The van der Waals surface area contributed by atoms with Gasteiger partial charge in [-0.1, -0.05) is 13.8 Å². The third-order valence-electron chi connectivity index (χ3n) is 4.32. The summed E-state index contributed by atoms with van der Waals surface area (Å²) in [6, 6.07) is 0. The Morgan fingerprint density at radius 3 is 1.90 bits per heavy atom. The van der Waals surface area contributed by atoms with E-state index in [1.54, 1.807) is 0 Å². The Morgan fingerprint density at radius 2 is 1.57 bits per heavy atom. The van der Waals surface area contributed by atoms with Gasteiger partial charge < -0.3 is 9.64 Å². The Hall–Kier alpha value is -0.830. The van der Waals surface area contributed by atoms with Crippen molar-refractivity contribution in [2.24, 2.45) is 17.8 Å². The molecule has 1 amide bonds. The van der Waals surface area contributed by atoms with E-state index in [0.717, 1.165) is 25.9 Å². The van der Waals surface area contributed by atoms with Gasteiger partial charge in [0.1, 0.15) is 0 Å². The monoisotopic (exact) mass is 297 g/mol. The summed E-state index contributed by atoms with van der Waals surface area (Å²) in [6.07, 6.45) is 2.58. The third kappa shape index (κ3) is 5.82. The van der Waals surface area contributed by atoms with Crippen LogP contribution in [0.3, 0.4) is 0 Å². The molecule has 0 radical (unpaired) electrons. The number of amides is 1. The Morgan fingerprint density at radius 1 is 1.14 bits per heavy atom. The van der Waals surface area contributed by atoms with Gasteiger partial charge in [-0.25, -0.2) is 0 Å². The minimum absolute atomic E-state index is 0.147. The maximum Gasteiger partial charge on any atom is 0.226 e. The van der Waals surface area contributed by atoms with Gasteiger partial charge in [0.05, 0.1) is 12.2 Å². The minimum Gasteiger partial charge on any atom is -0.376 e. The smallest absolute Gasteiger partial charge is 0.226 e. The molecule has 0 saturated carbocycles. The predicted molar refractivity (Wildman–Crippen MR) is 90.2 cm³/mol. The van der Waals surface area contributed by atoms with E-state index in [4.69, 9.17) is 4.74 Å². The fraction of sp³-hybridized carbons (Fsp3) is 0.833. The zero-order valence-corrected chi connectivity index (χ0v) is 14.9. The first-order valence-corrected chi connectivity index (χ1v) is 8.34. The first-order chi connectivity index (χ1) is 9.90. The fourth-order valence-electron chi connectivity index (χ4n) is 3.53. The molecule has 0 aliphatic carbocycles. The molecule has 0 aromatic heterocycles. The van der Waals surface area contributed by atoms with Gasteiger partial charge in [-0.2, -0.15) is 0 Å². The fourth-order valence-corrected chi connectivity index (χ4v) is 3.53. The van der Waals surface area contributed by atoms with Crippen LogP contribution in [0, 0.1) is 17.8 Å². The lowest BCUT2D eigenvalue weighted by Gasteiger charge is -2.39. The Kier molecular flexibility index (Phi) is 9.60. The highest BCUT2D eigenvalue weighted by Crippen LogP contribution is 2.35. The third-order valence-corrected chi connectivity index (χ3v) is 4.32. The molecule has 1 heterocycles. The normalized spacial score (nSPS) is 26.7. The van der Waals surface area contributed by atoms with Crippen LogP contribution in [-0.2, 0) is 9.53 Å². The number of carbonyl (C=O) groups excluding carboxylic acids is 1. The van der Waals surface area contributed by atoms with Crippen molar-refractivity contribution in [3.8, 4) is 0 Å². The number of hydrogen-bond acceptors (Lipinski definition) is 2. The summed E-state index contributed by atoms with van der Waals surface area (Å²) >= 11 is 0. The average molecular weight is 297 g/mol. The molecular formula is C18H35NO2. The minimum atomic E-state index is 0.147. The molecular weight excluding hydrogens is 262 g/mol. The van der Waals surface area contributed by atoms with Crippen molar-refractivity contribution in [2.75, 3.05) is 13.1 Å². The van der Waals surface area contributed by atoms with Gasteiger partial charge in [0.15, 0.2) is 0 Å². The molecule has 124 valence electrons. The highest BCUT2D eigenvalue weighted by Gasteiger charge is 2.37. The molecule has 0 bridgehead atoms. The molecule has 3 nitrogen and oxygen atoms in total. The van der Waals surface area contributed by atoms with Gasteiger partial charge in [-0.05, 0) is 52.4 Å². The van der Waals surface area contributed by atoms with Crippen LogP contribution in [0.5, 0.6) is 0 Å². The van der Waals surface area contributed by atoms with E-state index in [-0.39, 0.29) is 18.1 Å². The molecule has 0 aromatic carbocycles. The van der Waals surface area contributed by atoms with E-state index in [1.165, 1.54) is 0 Å². The molecule has 0 spiro atoms. The summed E-state index contributed by atoms with van der Waals surface area (Å²) in [7, 11) is 0. The van der Waals surface area contributed by atoms with E-state index in [1.807, 2.05) is 4.90 Å². The van der Waals surface area contributed by atoms with Crippen molar-refractivity contribution in [1.82, 2.24) is 4.90 Å². The molecule has 0 N–H and O–H groups in total. The molecule has 1 rings (SSSR count). The number of carbonyl (C=O) groups is 1. The maximum atomic E-state index is 12.7. The van der Waals surface area contributed by atoms with Crippen LogP contribution in [0.4, 0.5) is 0 Å². The topological polar surface area (TPSA) is 29.5 Å². The lowest BCUT2D eigenvalue weighted by atomic mass is 9.75. The van der Waals surface area contributed by atoms with E-state index < -0.39 is 0 Å². The molecule has 3 heteroatoms. The molecule has 3 atom stereocenters. The lowest BCUT2D eigenvalue weighted by molar-refractivity contribution is -0.143. The maximum absolute atomic E-state index is 12.7. The number of ether oxygens (including phenoxy) is 1. The number of rotatable bonds is 5. The van der Waals surface area contributed by atoms with E-state index in [9.17, 15) is 4.79 Å². The number of hydrogen-bond donors (Lipinski definition) is 0. The van der Waals surface area contributed by atoms with Crippen molar-refractivity contribution in [1.29, 1.82) is 0 Å². The van der Waals surface area contributed by atoms with Crippen molar-refractivity contribution in [3.63, 3.8) is 0 Å². The van der Waals surface area contributed by atoms with Crippen LogP contribution < -0.4 is 0 Å². The number of nitrogens with zero attached hydrogens (tertiary/aromatic N) is 1. The summed E-state index contributed by atoms with van der Waals surface area (Å²) in [5.41, 5.74) is 0.